The summed E-state index contributed by atoms with van der Waals surface area (Å²) in [6.07, 6.45) is 1.42. The van der Waals surface area contributed by atoms with Crippen LogP contribution in [0.5, 0.6) is 5.75 Å². The number of H-pyrrole nitrogens is 1. The molecule has 0 bridgehead atoms. The Hall–Kier alpha value is -2.48. The van der Waals surface area contributed by atoms with Crippen LogP contribution in [0.25, 0.3) is 0 Å². The minimum Gasteiger partial charge on any atom is -0.481 e. The number of hydrogen-bond acceptors (Lipinski definition) is 5. The molecule has 0 radical (unpaired) electrons. The Morgan fingerprint density at radius 1 is 1.48 bits per heavy atom. The average molecular weight is 348 g/mol. The van der Waals surface area contributed by atoms with E-state index in [-0.39, 0.29) is 24.4 Å². The summed E-state index contributed by atoms with van der Waals surface area (Å²) in [6, 6.07) is 6.01. The van der Waals surface area contributed by atoms with Crippen molar-refractivity contribution in [2.75, 3.05) is 26.3 Å². The van der Waals surface area contributed by atoms with Crippen molar-refractivity contribution in [2.24, 2.45) is 0 Å². The Morgan fingerprint density at radius 3 is 3.12 bits per heavy atom. The van der Waals surface area contributed by atoms with Gasteiger partial charge in [0.2, 0.25) is 0 Å². The molecule has 1 aliphatic rings. The fourth-order valence-electron chi connectivity index (χ4n) is 2.63. The van der Waals surface area contributed by atoms with Gasteiger partial charge in [0.25, 0.3) is 5.91 Å². The van der Waals surface area contributed by atoms with E-state index in [0.717, 1.165) is 18.7 Å². The molecule has 0 unspecified atom stereocenters. The molecular formula is C17H21FN4O3. The third-order valence-corrected chi connectivity index (χ3v) is 3.93. The van der Waals surface area contributed by atoms with Crippen molar-refractivity contribution in [1.82, 2.24) is 20.1 Å². The maximum atomic E-state index is 13.5. The molecule has 2 heterocycles. The van der Waals surface area contributed by atoms with E-state index in [4.69, 9.17) is 9.47 Å². The van der Waals surface area contributed by atoms with E-state index in [2.05, 4.69) is 22.1 Å². The second-order valence-corrected chi connectivity index (χ2v) is 5.81. The molecule has 1 aliphatic heterocycles. The summed E-state index contributed by atoms with van der Waals surface area (Å²) in [6.45, 7) is 3.05. The number of amides is 1. The summed E-state index contributed by atoms with van der Waals surface area (Å²) in [5.41, 5.74) is 0. The van der Waals surface area contributed by atoms with Crippen LogP contribution in [0, 0.1) is 5.82 Å². The van der Waals surface area contributed by atoms with Gasteiger partial charge in [0.15, 0.2) is 24.0 Å². The van der Waals surface area contributed by atoms with Crippen LogP contribution in [0.2, 0.25) is 0 Å². The van der Waals surface area contributed by atoms with Crippen molar-refractivity contribution < 1.29 is 18.7 Å². The smallest absolute Gasteiger partial charge is 0.260 e. The first-order valence-corrected chi connectivity index (χ1v) is 8.35. The molecule has 1 aromatic heterocycles. The summed E-state index contributed by atoms with van der Waals surface area (Å²) >= 11 is 0. The number of aromatic amines is 1. The van der Waals surface area contributed by atoms with Crippen LogP contribution in [-0.4, -0.2) is 52.3 Å². The number of aromatic nitrogens is 3. The number of ether oxygens (including phenoxy) is 2. The lowest BCUT2D eigenvalue weighted by atomic mass is 10.2. The van der Waals surface area contributed by atoms with Crippen LogP contribution in [0.3, 0.4) is 0 Å². The van der Waals surface area contributed by atoms with Crippen LogP contribution >= 0.6 is 0 Å². The first-order chi connectivity index (χ1) is 12.2. The Balaban J connectivity index is 1.56. The molecule has 25 heavy (non-hydrogen) atoms. The molecule has 134 valence electrons. The van der Waals surface area contributed by atoms with Crippen LogP contribution < -0.4 is 4.74 Å². The van der Waals surface area contributed by atoms with Gasteiger partial charge in [-0.2, -0.15) is 5.10 Å². The number of carbonyl (C=O) groups is 1. The summed E-state index contributed by atoms with van der Waals surface area (Å²) in [5, 5.41) is 7.07. The van der Waals surface area contributed by atoms with Gasteiger partial charge in [-0.1, -0.05) is 19.1 Å². The lowest BCUT2D eigenvalue weighted by molar-refractivity contribution is -0.141. The Kier molecular flexibility index (Phi) is 5.60. The van der Waals surface area contributed by atoms with Crippen molar-refractivity contribution in [3.8, 4) is 5.75 Å². The standard InChI is InChI=1S/C17H21FN4O3/c1-2-5-15-19-17(21-20-15)14-10-22(8-9-24-14)16(23)11-25-13-7-4-3-6-12(13)18/h3-4,6-7,14H,2,5,8-11H2,1H3,(H,19,20,21)/t14-/m1/s1. The van der Waals surface area contributed by atoms with Gasteiger partial charge < -0.3 is 14.4 Å². The number of nitrogens with zero attached hydrogens (tertiary/aromatic N) is 3. The van der Waals surface area contributed by atoms with Crippen molar-refractivity contribution >= 4 is 5.91 Å². The Bertz CT molecular complexity index is 721. The number of nitrogens with one attached hydrogen (secondary N) is 1. The Labute approximate surface area is 145 Å². The molecule has 1 saturated heterocycles. The molecule has 1 N–H and O–H groups in total. The quantitative estimate of drug-likeness (QED) is 0.862. The fourth-order valence-corrected chi connectivity index (χ4v) is 2.63. The number of rotatable bonds is 6. The van der Waals surface area contributed by atoms with E-state index >= 15 is 0 Å². The minimum atomic E-state index is -0.487. The average Bonchev–Trinajstić information content (AvgIpc) is 3.10. The van der Waals surface area contributed by atoms with Crippen molar-refractivity contribution in [3.05, 3.63) is 41.7 Å². The van der Waals surface area contributed by atoms with Crippen LogP contribution in [0.1, 0.15) is 31.1 Å². The van der Waals surface area contributed by atoms with Gasteiger partial charge in [-0.3, -0.25) is 9.89 Å². The molecule has 1 atom stereocenters. The lowest BCUT2D eigenvalue weighted by Crippen LogP contribution is -2.44. The largest absolute Gasteiger partial charge is 0.481 e. The number of hydrogen-bond donors (Lipinski definition) is 1. The molecule has 0 spiro atoms. The van der Waals surface area contributed by atoms with Gasteiger partial charge in [0.1, 0.15) is 11.9 Å². The summed E-state index contributed by atoms with van der Waals surface area (Å²) in [4.78, 5) is 18.4. The maximum absolute atomic E-state index is 13.5. The molecule has 3 rings (SSSR count). The third-order valence-electron chi connectivity index (χ3n) is 3.93. The zero-order chi connectivity index (χ0) is 17.6. The normalized spacial score (nSPS) is 17.5. The van der Waals surface area contributed by atoms with Crippen LogP contribution in [0.4, 0.5) is 4.39 Å². The molecule has 1 amide bonds. The monoisotopic (exact) mass is 348 g/mol. The number of benzene rings is 1. The van der Waals surface area contributed by atoms with Gasteiger partial charge in [0.05, 0.1) is 13.2 Å². The van der Waals surface area contributed by atoms with E-state index in [1.807, 2.05) is 0 Å². The van der Waals surface area contributed by atoms with E-state index in [1.165, 1.54) is 12.1 Å². The van der Waals surface area contributed by atoms with Gasteiger partial charge in [0, 0.05) is 13.0 Å². The highest BCUT2D eigenvalue weighted by molar-refractivity contribution is 5.77. The molecular weight excluding hydrogens is 327 g/mol. The Morgan fingerprint density at radius 2 is 2.32 bits per heavy atom. The second kappa shape index (κ2) is 8.06. The highest BCUT2D eigenvalue weighted by atomic mass is 19.1. The number of carbonyl (C=O) groups excluding carboxylic acids is 1. The summed E-state index contributed by atoms with van der Waals surface area (Å²) in [7, 11) is 0. The van der Waals surface area contributed by atoms with E-state index in [9.17, 15) is 9.18 Å². The minimum absolute atomic E-state index is 0.0684. The van der Waals surface area contributed by atoms with E-state index in [0.29, 0.717) is 25.5 Å². The zero-order valence-electron chi connectivity index (χ0n) is 14.1. The molecule has 7 nitrogen and oxygen atoms in total. The first-order valence-electron chi connectivity index (χ1n) is 8.35. The highest BCUT2D eigenvalue weighted by Gasteiger charge is 2.28. The molecule has 0 saturated carbocycles. The molecule has 1 aromatic carbocycles. The molecule has 2 aromatic rings. The van der Waals surface area contributed by atoms with Crippen molar-refractivity contribution in [3.63, 3.8) is 0 Å². The summed E-state index contributed by atoms with van der Waals surface area (Å²) < 4.78 is 24.5. The molecule has 8 heteroatoms. The lowest BCUT2D eigenvalue weighted by Gasteiger charge is -2.31. The fraction of sp³-hybridized carbons (Fsp3) is 0.471. The predicted octanol–water partition coefficient (Wildman–Crippen LogP) is 1.88. The van der Waals surface area contributed by atoms with Gasteiger partial charge in [-0.25, -0.2) is 9.37 Å². The van der Waals surface area contributed by atoms with E-state index < -0.39 is 5.82 Å². The number of para-hydroxylation sites is 1. The predicted molar refractivity (Wildman–Crippen MR) is 87.5 cm³/mol. The summed E-state index contributed by atoms with van der Waals surface area (Å²) in [5.74, 6) is 0.724. The number of halogens is 1. The SMILES string of the molecule is CCCc1nc([C@H]2CN(C(=O)COc3ccccc3F)CCO2)n[nH]1. The van der Waals surface area contributed by atoms with Crippen molar-refractivity contribution in [2.45, 2.75) is 25.9 Å². The number of morpholine rings is 1. The molecule has 1 fully saturated rings. The highest BCUT2D eigenvalue weighted by Crippen LogP contribution is 2.20. The van der Waals surface area contributed by atoms with Crippen molar-refractivity contribution in [1.29, 1.82) is 0 Å². The third kappa shape index (κ3) is 4.33. The van der Waals surface area contributed by atoms with Crippen LogP contribution in [0.15, 0.2) is 24.3 Å². The van der Waals surface area contributed by atoms with E-state index in [1.54, 1.807) is 17.0 Å². The van der Waals surface area contributed by atoms with Gasteiger partial charge in [-0.15, -0.1) is 0 Å². The first kappa shape index (κ1) is 17.3. The maximum Gasteiger partial charge on any atom is 0.260 e. The van der Waals surface area contributed by atoms with Gasteiger partial charge >= 0.3 is 0 Å². The molecule has 0 aliphatic carbocycles. The zero-order valence-corrected chi connectivity index (χ0v) is 14.1. The second-order valence-electron chi connectivity index (χ2n) is 5.81. The topological polar surface area (TPSA) is 80.3 Å². The number of aryl methyl sites for hydroxylation is 1. The van der Waals surface area contributed by atoms with Crippen LogP contribution in [-0.2, 0) is 16.0 Å². The van der Waals surface area contributed by atoms with Gasteiger partial charge in [-0.05, 0) is 18.6 Å².